The molecule has 0 spiro atoms. The molecule has 0 aliphatic rings. The van der Waals surface area contributed by atoms with Crippen LogP contribution < -0.4 is 5.73 Å². The lowest BCUT2D eigenvalue weighted by Crippen LogP contribution is -2.37. The summed E-state index contributed by atoms with van der Waals surface area (Å²) in [6, 6.07) is 0. The second kappa shape index (κ2) is 6.12. The summed E-state index contributed by atoms with van der Waals surface area (Å²) in [7, 11) is 0. The third kappa shape index (κ3) is 3.51. The van der Waals surface area contributed by atoms with Crippen molar-refractivity contribution in [2.45, 2.75) is 33.6 Å². The molecule has 17 heavy (non-hydrogen) atoms. The van der Waals surface area contributed by atoms with Crippen LogP contribution in [0.1, 0.15) is 30.8 Å². The Morgan fingerprint density at radius 3 is 2.82 bits per heavy atom. The topological polar surface area (TPSA) is 65.2 Å². The van der Waals surface area contributed by atoms with E-state index in [0.717, 1.165) is 12.1 Å². The van der Waals surface area contributed by atoms with E-state index in [0.29, 0.717) is 19.6 Å². The molecule has 2 N–H and O–H groups in total. The van der Waals surface area contributed by atoms with Crippen LogP contribution in [-0.4, -0.2) is 24.1 Å². The van der Waals surface area contributed by atoms with E-state index in [1.54, 1.807) is 11.3 Å². The average Bonchev–Trinajstić information content (AvgIpc) is 2.72. The third-order valence-corrected chi connectivity index (χ3v) is 3.96. The van der Waals surface area contributed by atoms with Gasteiger partial charge in [-0.15, -0.1) is 11.3 Å². The number of carbonyl (C=O) groups is 1. The molecule has 0 radical (unpaired) electrons. The molecule has 0 aliphatic heterocycles. The summed E-state index contributed by atoms with van der Waals surface area (Å²) in [6.07, 6.45) is 1.52. The van der Waals surface area contributed by atoms with Crippen molar-refractivity contribution in [2.24, 2.45) is 11.1 Å². The number of esters is 1. The smallest absolute Gasteiger partial charge is 0.313 e. The van der Waals surface area contributed by atoms with Crippen LogP contribution in [0.4, 0.5) is 0 Å². The molecule has 0 amide bonds. The van der Waals surface area contributed by atoms with E-state index in [1.807, 2.05) is 26.3 Å². The minimum absolute atomic E-state index is 0.204. The fraction of sp³-hybridized carbons (Fsp3) is 0.667. The van der Waals surface area contributed by atoms with Crippen LogP contribution in [-0.2, 0) is 16.0 Å². The molecule has 1 unspecified atom stereocenters. The van der Waals surface area contributed by atoms with Gasteiger partial charge in [0.15, 0.2) is 0 Å². The highest BCUT2D eigenvalue weighted by Crippen LogP contribution is 2.26. The summed E-state index contributed by atoms with van der Waals surface area (Å²) in [4.78, 5) is 17.2. The van der Waals surface area contributed by atoms with Gasteiger partial charge in [0.2, 0.25) is 0 Å². The lowest BCUT2D eigenvalue weighted by atomic mass is 9.85. The molecule has 0 bridgehead atoms. The lowest BCUT2D eigenvalue weighted by Gasteiger charge is -2.25. The van der Waals surface area contributed by atoms with Gasteiger partial charge in [-0.1, -0.05) is 0 Å². The Kier molecular flexibility index (Phi) is 5.08. The second-order valence-corrected chi connectivity index (χ2v) is 5.29. The zero-order valence-electron chi connectivity index (χ0n) is 10.7. The van der Waals surface area contributed by atoms with E-state index >= 15 is 0 Å². The van der Waals surface area contributed by atoms with Gasteiger partial charge in [-0.3, -0.25) is 4.79 Å². The van der Waals surface area contributed by atoms with E-state index in [4.69, 9.17) is 10.5 Å². The third-order valence-electron chi connectivity index (χ3n) is 2.97. The summed E-state index contributed by atoms with van der Waals surface area (Å²) >= 11 is 1.62. The number of aromatic nitrogens is 1. The molecule has 0 saturated heterocycles. The molecule has 4 nitrogen and oxygen atoms in total. The number of hydrogen-bond acceptors (Lipinski definition) is 5. The molecular formula is C12H20N2O2S. The van der Waals surface area contributed by atoms with Crippen LogP contribution in [0, 0.1) is 12.3 Å². The maximum Gasteiger partial charge on any atom is 0.313 e. The molecule has 96 valence electrons. The number of thiazole rings is 1. The predicted molar refractivity (Wildman–Crippen MR) is 69.0 cm³/mol. The SMILES string of the molecule is CCOC(=O)C(C)(CN)CCc1scnc1C. The molecule has 0 aliphatic carbocycles. The molecule has 0 saturated carbocycles. The van der Waals surface area contributed by atoms with E-state index in [1.165, 1.54) is 4.88 Å². The lowest BCUT2D eigenvalue weighted by molar-refractivity contribution is -0.154. The first kappa shape index (κ1) is 14.1. The normalized spacial score (nSPS) is 14.4. The fourth-order valence-corrected chi connectivity index (χ4v) is 2.33. The molecule has 0 aromatic carbocycles. The largest absolute Gasteiger partial charge is 0.466 e. The number of nitrogens with two attached hydrogens (primary N) is 1. The van der Waals surface area contributed by atoms with Crippen LogP contribution >= 0.6 is 11.3 Å². The van der Waals surface area contributed by atoms with Gasteiger partial charge >= 0.3 is 5.97 Å². The van der Waals surface area contributed by atoms with Gasteiger partial charge < -0.3 is 10.5 Å². The monoisotopic (exact) mass is 256 g/mol. The van der Waals surface area contributed by atoms with Gasteiger partial charge in [0.1, 0.15) is 0 Å². The maximum absolute atomic E-state index is 11.8. The first-order chi connectivity index (χ1) is 8.03. The molecule has 1 rings (SSSR count). The molecule has 1 atom stereocenters. The number of ether oxygens (including phenoxy) is 1. The highest BCUT2D eigenvalue weighted by molar-refractivity contribution is 7.09. The molecule has 1 aromatic rings. The van der Waals surface area contributed by atoms with E-state index < -0.39 is 5.41 Å². The zero-order valence-corrected chi connectivity index (χ0v) is 11.5. The van der Waals surface area contributed by atoms with Crippen molar-refractivity contribution in [3.8, 4) is 0 Å². The minimum Gasteiger partial charge on any atom is -0.466 e. The molecule has 0 fully saturated rings. The Hall–Kier alpha value is -0.940. The first-order valence-electron chi connectivity index (χ1n) is 5.79. The van der Waals surface area contributed by atoms with Gasteiger partial charge in [0.05, 0.1) is 23.2 Å². The quantitative estimate of drug-likeness (QED) is 0.790. The molecule has 1 aromatic heterocycles. The number of nitrogens with zero attached hydrogens (tertiary/aromatic N) is 1. The highest BCUT2D eigenvalue weighted by Gasteiger charge is 2.33. The molecular weight excluding hydrogens is 236 g/mol. The van der Waals surface area contributed by atoms with Crippen molar-refractivity contribution in [1.29, 1.82) is 0 Å². The van der Waals surface area contributed by atoms with Gasteiger partial charge in [-0.05, 0) is 33.6 Å². The summed E-state index contributed by atoms with van der Waals surface area (Å²) in [6.45, 7) is 6.36. The van der Waals surface area contributed by atoms with Gasteiger partial charge in [-0.25, -0.2) is 4.98 Å². The predicted octanol–water partition coefficient (Wildman–Crippen LogP) is 1.91. The Morgan fingerprint density at radius 1 is 1.65 bits per heavy atom. The summed E-state index contributed by atoms with van der Waals surface area (Å²) < 4.78 is 5.07. The van der Waals surface area contributed by atoms with Crippen molar-refractivity contribution >= 4 is 17.3 Å². The van der Waals surface area contributed by atoms with Gasteiger partial charge in [-0.2, -0.15) is 0 Å². The Labute approximate surface area is 106 Å². The van der Waals surface area contributed by atoms with Crippen molar-refractivity contribution in [1.82, 2.24) is 4.98 Å². The number of carbonyl (C=O) groups excluding carboxylic acids is 1. The highest BCUT2D eigenvalue weighted by atomic mass is 32.1. The average molecular weight is 256 g/mol. The number of rotatable bonds is 6. The maximum atomic E-state index is 11.8. The van der Waals surface area contributed by atoms with Crippen molar-refractivity contribution in [2.75, 3.05) is 13.2 Å². The van der Waals surface area contributed by atoms with Crippen LogP contribution in [0.15, 0.2) is 5.51 Å². The Balaban J connectivity index is 2.63. The van der Waals surface area contributed by atoms with Crippen LogP contribution in [0.2, 0.25) is 0 Å². The Morgan fingerprint density at radius 2 is 2.35 bits per heavy atom. The van der Waals surface area contributed by atoms with Crippen molar-refractivity contribution < 1.29 is 9.53 Å². The van der Waals surface area contributed by atoms with E-state index in [-0.39, 0.29) is 5.97 Å². The Bertz CT molecular complexity index is 378. The second-order valence-electron chi connectivity index (χ2n) is 4.35. The van der Waals surface area contributed by atoms with Crippen LogP contribution in [0.3, 0.4) is 0 Å². The number of hydrogen-bond donors (Lipinski definition) is 1. The van der Waals surface area contributed by atoms with Gasteiger partial charge in [0.25, 0.3) is 0 Å². The number of aryl methyl sites for hydroxylation is 2. The summed E-state index contributed by atoms with van der Waals surface area (Å²) in [5.41, 5.74) is 7.98. The van der Waals surface area contributed by atoms with Crippen molar-refractivity contribution in [3.63, 3.8) is 0 Å². The standard InChI is InChI=1S/C12H20N2O2S/c1-4-16-11(15)12(3,7-13)6-5-10-9(2)14-8-17-10/h8H,4-7,13H2,1-3H3. The van der Waals surface area contributed by atoms with Crippen LogP contribution in [0.5, 0.6) is 0 Å². The van der Waals surface area contributed by atoms with E-state index in [2.05, 4.69) is 4.98 Å². The van der Waals surface area contributed by atoms with Crippen molar-refractivity contribution in [3.05, 3.63) is 16.1 Å². The fourth-order valence-electron chi connectivity index (χ4n) is 1.55. The zero-order chi connectivity index (χ0) is 12.9. The van der Waals surface area contributed by atoms with Gasteiger partial charge in [0, 0.05) is 11.4 Å². The van der Waals surface area contributed by atoms with E-state index in [9.17, 15) is 4.79 Å². The molecule has 1 heterocycles. The molecule has 5 heteroatoms. The summed E-state index contributed by atoms with van der Waals surface area (Å²) in [5.74, 6) is -0.204. The minimum atomic E-state index is -0.591. The summed E-state index contributed by atoms with van der Waals surface area (Å²) in [5, 5.41) is 0. The first-order valence-corrected chi connectivity index (χ1v) is 6.67. The van der Waals surface area contributed by atoms with Crippen LogP contribution in [0.25, 0.3) is 0 Å².